The Morgan fingerprint density at radius 1 is 0.949 bits per heavy atom. The van der Waals surface area contributed by atoms with Gasteiger partial charge >= 0.3 is 16.3 Å². The van der Waals surface area contributed by atoms with Gasteiger partial charge < -0.3 is 13.8 Å². The number of carbonyl (C=O) groups is 1. The minimum absolute atomic E-state index is 0.0689. The van der Waals surface area contributed by atoms with Gasteiger partial charge in [0, 0.05) is 18.2 Å². The van der Waals surface area contributed by atoms with E-state index >= 15 is 0 Å². The van der Waals surface area contributed by atoms with Crippen molar-refractivity contribution in [3.05, 3.63) is 89.0 Å². The molecule has 0 saturated heterocycles. The Kier molecular flexibility index (Phi) is 9.66. The van der Waals surface area contributed by atoms with Crippen LogP contribution in [0.5, 0.6) is 11.5 Å². The van der Waals surface area contributed by atoms with Crippen LogP contribution in [0.1, 0.15) is 60.7 Å². The SMILES string of the molecule is CCCCc1ccc(C(=O)N(Cc2ccc(OC)c(OS(=O)(=O)c3cccc(C(F)(F)F)c3)c2)C(C)C)cc1. The molecule has 0 N–H and O–H groups in total. The highest BCUT2D eigenvalue weighted by atomic mass is 32.2. The lowest BCUT2D eigenvalue weighted by molar-refractivity contribution is -0.137. The number of hydrogen-bond acceptors (Lipinski definition) is 5. The van der Waals surface area contributed by atoms with Gasteiger partial charge in [-0.1, -0.05) is 37.6 Å². The first-order chi connectivity index (χ1) is 18.4. The molecule has 6 nitrogen and oxygen atoms in total. The summed E-state index contributed by atoms with van der Waals surface area (Å²) in [7, 11) is -3.31. The van der Waals surface area contributed by atoms with Crippen LogP contribution in [0, 0.1) is 0 Å². The Morgan fingerprint density at radius 2 is 1.62 bits per heavy atom. The molecule has 0 aliphatic heterocycles. The quantitative estimate of drug-likeness (QED) is 0.238. The van der Waals surface area contributed by atoms with E-state index in [1.165, 1.54) is 19.2 Å². The number of halogens is 3. The van der Waals surface area contributed by atoms with Crippen molar-refractivity contribution in [3.8, 4) is 11.5 Å². The molecule has 3 aromatic rings. The predicted octanol–water partition coefficient (Wildman–Crippen LogP) is 6.88. The highest BCUT2D eigenvalue weighted by Gasteiger charge is 2.32. The Hall–Kier alpha value is -3.53. The van der Waals surface area contributed by atoms with Gasteiger partial charge in [0.05, 0.1) is 12.7 Å². The number of aryl methyl sites for hydroxylation is 1. The molecule has 0 atom stereocenters. The second-order valence-corrected chi connectivity index (χ2v) is 10.9. The van der Waals surface area contributed by atoms with E-state index in [4.69, 9.17) is 8.92 Å². The molecule has 3 rings (SSSR count). The molecule has 0 radical (unpaired) electrons. The summed E-state index contributed by atoms with van der Waals surface area (Å²) in [4.78, 5) is 14.3. The fourth-order valence-electron chi connectivity index (χ4n) is 3.93. The molecule has 0 saturated carbocycles. The molecule has 0 aliphatic carbocycles. The fraction of sp³-hybridized carbons (Fsp3) is 0.345. The molecule has 39 heavy (non-hydrogen) atoms. The summed E-state index contributed by atoms with van der Waals surface area (Å²) < 4.78 is 75.5. The third-order valence-electron chi connectivity index (χ3n) is 6.13. The number of amides is 1. The molecular formula is C29H32F3NO5S. The highest BCUT2D eigenvalue weighted by molar-refractivity contribution is 7.87. The Bertz CT molecular complexity index is 1390. The van der Waals surface area contributed by atoms with E-state index in [9.17, 15) is 26.4 Å². The number of rotatable bonds is 11. The van der Waals surface area contributed by atoms with Crippen molar-refractivity contribution in [1.29, 1.82) is 0 Å². The van der Waals surface area contributed by atoms with Crippen LogP contribution in [0.2, 0.25) is 0 Å². The minimum atomic E-state index is -4.72. The maximum Gasteiger partial charge on any atom is 0.416 e. The summed E-state index contributed by atoms with van der Waals surface area (Å²) in [6.45, 7) is 5.99. The Labute approximate surface area is 227 Å². The number of benzene rings is 3. The van der Waals surface area contributed by atoms with Crippen molar-refractivity contribution < 1.29 is 35.3 Å². The van der Waals surface area contributed by atoms with Crippen molar-refractivity contribution in [2.45, 2.75) is 63.7 Å². The van der Waals surface area contributed by atoms with Gasteiger partial charge in [0.2, 0.25) is 0 Å². The third-order valence-corrected chi connectivity index (χ3v) is 7.36. The van der Waals surface area contributed by atoms with Crippen molar-refractivity contribution in [1.82, 2.24) is 4.90 Å². The number of hydrogen-bond donors (Lipinski definition) is 0. The van der Waals surface area contributed by atoms with Crippen LogP contribution in [-0.2, 0) is 29.3 Å². The van der Waals surface area contributed by atoms with Crippen LogP contribution >= 0.6 is 0 Å². The van der Waals surface area contributed by atoms with E-state index < -0.39 is 26.8 Å². The van der Waals surface area contributed by atoms with Gasteiger partial charge in [0.25, 0.3) is 5.91 Å². The molecule has 0 fully saturated rings. The summed E-state index contributed by atoms with van der Waals surface area (Å²) in [6, 6.07) is 15.2. The van der Waals surface area contributed by atoms with Crippen LogP contribution < -0.4 is 8.92 Å². The molecule has 0 aliphatic rings. The van der Waals surface area contributed by atoms with Gasteiger partial charge in [-0.3, -0.25) is 4.79 Å². The Balaban J connectivity index is 1.86. The summed E-state index contributed by atoms with van der Waals surface area (Å²) in [5.74, 6) is -0.329. The lowest BCUT2D eigenvalue weighted by Gasteiger charge is -2.27. The van der Waals surface area contributed by atoms with Gasteiger partial charge in [-0.25, -0.2) is 0 Å². The second-order valence-electron chi connectivity index (χ2n) is 9.38. The van der Waals surface area contributed by atoms with E-state index in [1.54, 1.807) is 23.1 Å². The van der Waals surface area contributed by atoms with Crippen LogP contribution in [0.25, 0.3) is 0 Å². The monoisotopic (exact) mass is 563 g/mol. The molecule has 0 bridgehead atoms. The van der Waals surface area contributed by atoms with Crippen LogP contribution in [0.3, 0.4) is 0 Å². The van der Waals surface area contributed by atoms with Crippen molar-refractivity contribution in [2.24, 2.45) is 0 Å². The zero-order chi connectivity index (χ0) is 28.8. The molecule has 0 unspecified atom stereocenters. The molecule has 10 heteroatoms. The number of alkyl halides is 3. The van der Waals surface area contributed by atoms with Crippen LogP contribution in [-0.4, -0.2) is 32.4 Å². The first kappa shape index (κ1) is 30.0. The summed E-state index contributed by atoms with van der Waals surface area (Å²) in [5.41, 5.74) is 1.12. The normalized spacial score (nSPS) is 11.9. The van der Waals surface area contributed by atoms with E-state index in [0.717, 1.165) is 43.0 Å². The molecule has 1 amide bonds. The molecule has 0 spiro atoms. The maximum atomic E-state index is 13.3. The number of unbranched alkanes of at least 4 members (excludes halogenated alkanes) is 1. The molecular weight excluding hydrogens is 531 g/mol. The molecule has 0 aromatic heterocycles. The zero-order valence-electron chi connectivity index (χ0n) is 22.3. The van der Waals surface area contributed by atoms with Gasteiger partial charge in [0.1, 0.15) is 4.90 Å². The van der Waals surface area contributed by atoms with Gasteiger partial charge in [-0.15, -0.1) is 0 Å². The van der Waals surface area contributed by atoms with Crippen LogP contribution in [0.15, 0.2) is 71.6 Å². The van der Waals surface area contributed by atoms with E-state index in [1.807, 2.05) is 26.0 Å². The number of carbonyl (C=O) groups excluding carboxylic acids is 1. The fourth-order valence-corrected chi connectivity index (χ4v) is 4.90. The van der Waals surface area contributed by atoms with Crippen LogP contribution in [0.4, 0.5) is 13.2 Å². The minimum Gasteiger partial charge on any atom is -0.493 e. The molecule has 0 heterocycles. The largest absolute Gasteiger partial charge is 0.493 e. The highest BCUT2D eigenvalue weighted by Crippen LogP contribution is 2.34. The van der Waals surface area contributed by atoms with Gasteiger partial charge in [0.15, 0.2) is 11.5 Å². The Morgan fingerprint density at radius 3 is 2.21 bits per heavy atom. The molecule has 3 aromatic carbocycles. The zero-order valence-corrected chi connectivity index (χ0v) is 23.1. The van der Waals surface area contributed by atoms with E-state index in [2.05, 4.69) is 6.92 Å². The first-order valence-corrected chi connectivity index (χ1v) is 13.9. The summed E-state index contributed by atoms with van der Waals surface area (Å²) >= 11 is 0. The standard InChI is InChI=1S/C29H32F3NO5S/c1-5-6-8-21-11-14-23(15-12-21)28(34)33(20(2)3)19-22-13-16-26(37-4)27(17-22)38-39(35,36)25-10-7-9-24(18-25)29(30,31)32/h7,9-18,20H,5-6,8,19H2,1-4H3. The van der Waals surface area contributed by atoms with Crippen molar-refractivity contribution >= 4 is 16.0 Å². The van der Waals surface area contributed by atoms with E-state index in [-0.39, 0.29) is 30.0 Å². The second kappa shape index (κ2) is 12.5. The third kappa shape index (κ3) is 7.75. The smallest absolute Gasteiger partial charge is 0.416 e. The van der Waals surface area contributed by atoms with E-state index in [0.29, 0.717) is 17.2 Å². The lowest BCUT2D eigenvalue weighted by Crippen LogP contribution is -2.36. The molecule has 210 valence electrons. The predicted molar refractivity (Wildman–Crippen MR) is 142 cm³/mol. The van der Waals surface area contributed by atoms with Gasteiger partial charge in [-0.2, -0.15) is 21.6 Å². The van der Waals surface area contributed by atoms with Gasteiger partial charge in [-0.05, 0) is 80.3 Å². The summed E-state index contributed by atoms with van der Waals surface area (Å²) in [5, 5.41) is 0. The van der Waals surface area contributed by atoms with Crippen molar-refractivity contribution in [2.75, 3.05) is 7.11 Å². The lowest BCUT2D eigenvalue weighted by atomic mass is 10.0. The number of nitrogens with zero attached hydrogens (tertiary/aromatic N) is 1. The number of ether oxygens (including phenoxy) is 1. The maximum absolute atomic E-state index is 13.3. The van der Waals surface area contributed by atoms with Crippen molar-refractivity contribution in [3.63, 3.8) is 0 Å². The summed E-state index contributed by atoms with van der Waals surface area (Å²) in [6.07, 6.45) is -1.63. The average Bonchev–Trinajstić information content (AvgIpc) is 2.90. The average molecular weight is 564 g/mol. The topological polar surface area (TPSA) is 72.9 Å². The number of methoxy groups -OCH3 is 1. The first-order valence-electron chi connectivity index (χ1n) is 12.5.